The lowest BCUT2D eigenvalue weighted by Crippen LogP contribution is -2.51. The standard InChI is InChI=1S/C14H25NO2/c1-14(8-4-2-5-9-14)13(17)15-10-6-3-7-12(15)11-16/h12,16H,2-11H2,1H3. The summed E-state index contributed by atoms with van der Waals surface area (Å²) in [6, 6.07) is 0.0787. The van der Waals surface area contributed by atoms with Gasteiger partial charge in [-0.05, 0) is 32.1 Å². The minimum absolute atomic E-state index is 0.0787. The van der Waals surface area contributed by atoms with Gasteiger partial charge >= 0.3 is 0 Å². The zero-order valence-electron chi connectivity index (χ0n) is 11.0. The second-order valence-electron chi connectivity index (χ2n) is 5.95. The van der Waals surface area contributed by atoms with Crippen LogP contribution in [0.5, 0.6) is 0 Å². The molecule has 1 amide bonds. The van der Waals surface area contributed by atoms with Crippen LogP contribution in [-0.4, -0.2) is 35.1 Å². The molecule has 0 aromatic carbocycles. The highest BCUT2D eigenvalue weighted by Gasteiger charge is 2.40. The Labute approximate surface area is 104 Å². The fraction of sp³-hybridized carbons (Fsp3) is 0.929. The summed E-state index contributed by atoms with van der Waals surface area (Å²) in [5.74, 6) is 0.302. The van der Waals surface area contributed by atoms with Crippen LogP contribution in [0.1, 0.15) is 58.3 Å². The van der Waals surface area contributed by atoms with E-state index in [0.717, 1.165) is 38.6 Å². The van der Waals surface area contributed by atoms with Gasteiger partial charge in [0, 0.05) is 12.0 Å². The first-order valence-corrected chi connectivity index (χ1v) is 7.09. The molecular formula is C14H25NO2. The Balaban J connectivity index is 2.06. The molecule has 1 aliphatic heterocycles. The number of likely N-dealkylation sites (tertiary alicyclic amines) is 1. The Morgan fingerprint density at radius 2 is 1.94 bits per heavy atom. The number of hydrogen-bond acceptors (Lipinski definition) is 2. The number of nitrogens with zero attached hydrogens (tertiary/aromatic N) is 1. The molecule has 17 heavy (non-hydrogen) atoms. The first-order chi connectivity index (χ1) is 8.17. The van der Waals surface area contributed by atoms with Crippen molar-refractivity contribution in [1.29, 1.82) is 0 Å². The Hall–Kier alpha value is -0.570. The maximum absolute atomic E-state index is 12.7. The van der Waals surface area contributed by atoms with Gasteiger partial charge in [0.15, 0.2) is 0 Å². The van der Waals surface area contributed by atoms with Crippen molar-refractivity contribution in [1.82, 2.24) is 4.90 Å². The van der Waals surface area contributed by atoms with Gasteiger partial charge in [-0.2, -0.15) is 0 Å². The van der Waals surface area contributed by atoms with E-state index in [1.807, 2.05) is 4.90 Å². The molecular weight excluding hydrogens is 214 g/mol. The molecule has 1 unspecified atom stereocenters. The van der Waals surface area contributed by atoms with Gasteiger partial charge < -0.3 is 10.0 Å². The van der Waals surface area contributed by atoms with Crippen molar-refractivity contribution in [3.63, 3.8) is 0 Å². The molecule has 0 spiro atoms. The lowest BCUT2D eigenvalue weighted by molar-refractivity contribution is -0.148. The van der Waals surface area contributed by atoms with E-state index in [4.69, 9.17) is 0 Å². The summed E-state index contributed by atoms with van der Waals surface area (Å²) in [6.07, 6.45) is 8.90. The van der Waals surface area contributed by atoms with Crippen LogP contribution in [0.2, 0.25) is 0 Å². The third kappa shape index (κ3) is 2.65. The lowest BCUT2D eigenvalue weighted by atomic mass is 9.74. The third-order valence-corrected chi connectivity index (χ3v) is 4.57. The van der Waals surface area contributed by atoms with Crippen molar-refractivity contribution >= 4 is 5.91 Å². The summed E-state index contributed by atoms with van der Waals surface area (Å²) in [5, 5.41) is 9.40. The molecule has 0 radical (unpaired) electrons. The fourth-order valence-electron chi connectivity index (χ4n) is 3.35. The second kappa shape index (κ2) is 5.38. The molecule has 98 valence electrons. The monoisotopic (exact) mass is 239 g/mol. The molecule has 1 saturated carbocycles. The maximum atomic E-state index is 12.7. The van der Waals surface area contributed by atoms with Crippen molar-refractivity contribution < 1.29 is 9.90 Å². The minimum Gasteiger partial charge on any atom is -0.394 e. The Bertz CT molecular complexity index is 271. The van der Waals surface area contributed by atoms with Gasteiger partial charge in [-0.25, -0.2) is 0 Å². The molecule has 0 aromatic heterocycles. The highest BCUT2D eigenvalue weighted by Crippen LogP contribution is 2.38. The molecule has 1 saturated heterocycles. The van der Waals surface area contributed by atoms with E-state index >= 15 is 0 Å². The third-order valence-electron chi connectivity index (χ3n) is 4.57. The molecule has 1 heterocycles. The van der Waals surface area contributed by atoms with Gasteiger partial charge in [-0.1, -0.05) is 26.2 Å². The predicted octanol–water partition coefficient (Wildman–Crippen LogP) is 2.33. The van der Waals surface area contributed by atoms with E-state index < -0.39 is 0 Å². The molecule has 1 atom stereocenters. The largest absolute Gasteiger partial charge is 0.394 e. The zero-order valence-corrected chi connectivity index (χ0v) is 11.0. The summed E-state index contributed by atoms with van der Waals surface area (Å²) >= 11 is 0. The van der Waals surface area contributed by atoms with E-state index in [1.165, 1.54) is 19.3 Å². The SMILES string of the molecule is CC1(C(=O)N2CCCCC2CO)CCCCC1. The predicted molar refractivity (Wildman–Crippen MR) is 67.6 cm³/mol. The Morgan fingerprint density at radius 1 is 1.24 bits per heavy atom. The summed E-state index contributed by atoms with van der Waals surface area (Å²) in [5.41, 5.74) is -0.150. The van der Waals surface area contributed by atoms with Gasteiger partial charge in [0.2, 0.25) is 5.91 Å². The van der Waals surface area contributed by atoms with E-state index in [9.17, 15) is 9.90 Å². The smallest absolute Gasteiger partial charge is 0.228 e. The number of amides is 1. The van der Waals surface area contributed by atoms with Crippen LogP contribution in [0.15, 0.2) is 0 Å². The van der Waals surface area contributed by atoms with E-state index in [0.29, 0.717) is 5.91 Å². The fourth-order valence-corrected chi connectivity index (χ4v) is 3.35. The van der Waals surface area contributed by atoms with Crippen LogP contribution in [0, 0.1) is 5.41 Å². The summed E-state index contributed by atoms with van der Waals surface area (Å²) < 4.78 is 0. The molecule has 3 nitrogen and oxygen atoms in total. The minimum atomic E-state index is -0.150. The van der Waals surface area contributed by atoms with Crippen LogP contribution in [0.3, 0.4) is 0 Å². The molecule has 2 fully saturated rings. The number of carbonyl (C=O) groups is 1. The molecule has 1 aliphatic carbocycles. The van der Waals surface area contributed by atoms with Crippen LogP contribution >= 0.6 is 0 Å². The van der Waals surface area contributed by atoms with Crippen molar-refractivity contribution in [2.45, 2.75) is 64.3 Å². The molecule has 2 rings (SSSR count). The zero-order chi connectivity index (χ0) is 12.3. The highest BCUT2D eigenvalue weighted by molar-refractivity contribution is 5.82. The molecule has 2 aliphatic rings. The summed E-state index contributed by atoms with van der Waals surface area (Å²) in [7, 11) is 0. The van der Waals surface area contributed by atoms with Crippen molar-refractivity contribution in [3.8, 4) is 0 Å². The number of aliphatic hydroxyl groups excluding tert-OH is 1. The normalized spacial score (nSPS) is 29.1. The number of carbonyl (C=O) groups excluding carboxylic acids is 1. The number of hydrogen-bond donors (Lipinski definition) is 1. The van der Waals surface area contributed by atoms with Crippen LogP contribution in [0.25, 0.3) is 0 Å². The average molecular weight is 239 g/mol. The van der Waals surface area contributed by atoms with Crippen LogP contribution < -0.4 is 0 Å². The van der Waals surface area contributed by atoms with E-state index in [-0.39, 0.29) is 18.1 Å². The Morgan fingerprint density at radius 3 is 2.59 bits per heavy atom. The van der Waals surface area contributed by atoms with Gasteiger partial charge in [0.05, 0.1) is 12.6 Å². The first-order valence-electron chi connectivity index (χ1n) is 7.09. The molecule has 0 bridgehead atoms. The highest BCUT2D eigenvalue weighted by atomic mass is 16.3. The summed E-state index contributed by atoms with van der Waals surface area (Å²) in [4.78, 5) is 14.6. The second-order valence-corrected chi connectivity index (χ2v) is 5.95. The van der Waals surface area contributed by atoms with Crippen molar-refractivity contribution in [3.05, 3.63) is 0 Å². The lowest BCUT2D eigenvalue weighted by Gasteiger charge is -2.42. The first kappa shape index (κ1) is 12.9. The van der Waals surface area contributed by atoms with E-state index in [1.54, 1.807) is 0 Å². The van der Waals surface area contributed by atoms with Crippen LogP contribution in [-0.2, 0) is 4.79 Å². The molecule has 0 aromatic rings. The molecule has 3 heteroatoms. The van der Waals surface area contributed by atoms with Gasteiger partial charge in [0.25, 0.3) is 0 Å². The van der Waals surface area contributed by atoms with Crippen LogP contribution in [0.4, 0.5) is 0 Å². The number of rotatable bonds is 2. The number of piperidine rings is 1. The average Bonchev–Trinajstić information content (AvgIpc) is 2.38. The maximum Gasteiger partial charge on any atom is 0.228 e. The van der Waals surface area contributed by atoms with Gasteiger partial charge in [0.1, 0.15) is 0 Å². The quantitative estimate of drug-likeness (QED) is 0.803. The topological polar surface area (TPSA) is 40.5 Å². The molecule has 1 N–H and O–H groups in total. The van der Waals surface area contributed by atoms with E-state index in [2.05, 4.69) is 6.92 Å². The van der Waals surface area contributed by atoms with Gasteiger partial charge in [-0.3, -0.25) is 4.79 Å². The number of aliphatic hydroxyl groups is 1. The Kier molecular flexibility index (Phi) is 4.08. The van der Waals surface area contributed by atoms with Crippen molar-refractivity contribution in [2.24, 2.45) is 5.41 Å². The van der Waals surface area contributed by atoms with Gasteiger partial charge in [-0.15, -0.1) is 0 Å². The van der Waals surface area contributed by atoms with Crippen molar-refractivity contribution in [2.75, 3.05) is 13.2 Å². The summed E-state index contributed by atoms with van der Waals surface area (Å²) in [6.45, 7) is 3.10.